The molecular formula is C16H14F3N3OS. The normalized spacial score (nSPS) is 20.5. The number of nitrogens with one attached hydrogen (secondary N) is 2. The van der Waals surface area contributed by atoms with Crippen LogP contribution < -0.4 is 16.4 Å². The number of para-hydroxylation sites is 1. The third-order valence-corrected chi connectivity index (χ3v) is 4.88. The minimum absolute atomic E-state index is 0.209. The first-order valence-corrected chi connectivity index (χ1v) is 7.94. The van der Waals surface area contributed by atoms with Gasteiger partial charge >= 0.3 is 6.18 Å². The molecule has 4 N–H and O–H groups in total. The number of benzene rings is 1. The Morgan fingerprint density at radius 2 is 1.96 bits per heavy atom. The largest absolute Gasteiger partial charge is 0.430 e. The first kappa shape index (κ1) is 16.5. The van der Waals surface area contributed by atoms with Crippen molar-refractivity contribution < 1.29 is 18.0 Å². The summed E-state index contributed by atoms with van der Waals surface area (Å²) in [6, 6.07) is 8.77. The quantitative estimate of drug-likeness (QED) is 0.764. The third-order valence-electron chi connectivity index (χ3n) is 3.65. The van der Waals surface area contributed by atoms with Gasteiger partial charge < -0.3 is 16.4 Å². The van der Waals surface area contributed by atoms with Gasteiger partial charge in [0, 0.05) is 11.3 Å². The highest BCUT2D eigenvalue weighted by molar-refractivity contribution is 8.05. The zero-order chi connectivity index (χ0) is 17.5. The Labute approximate surface area is 140 Å². The van der Waals surface area contributed by atoms with Crippen molar-refractivity contribution in [2.24, 2.45) is 5.73 Å². The fourth-order valence-corrected chi connectivity index (χ4v) is 3.80. The lowest BCUT2D eigenvalue weighted by atomic mass is 10.0. The van der Waals surface area contributed by atoms with E-state index in [1.54, 1.807) is 31.2 Å². The van der Waals surface area contributed by atoms with Gasteiger partial charge in [0.05, 0.1) is 10.6 Å². The number of alkyl halides is 3. The number of halogens is 3. The maximum Gasteiger partial charge on any atom is 0.430 e. The first-order chi connectivity index (χ1) is 11.3. The summed E-state index contributed by atoms with van der Waals surface area (Å²) in [5.74, 6) is -0.436. The number of carbonyl (C=O) groups excluding carboxylic acids is 1. The average Bonchev–Trinajstić information content (AvgIpc) is 2.85. The molecule has 0 saturated carbocycles. The Morgan fingerprint density at radius 1 is 1.29 bits per heavy atom. The van der Waals surface area contributed by atoms with E-state index in [2.05, 4.69) is 10.6 Å². The highest BCUT2D eigenvalue weighted by Gasteiger charge is 2.42. The van der Waals surface area contributed by atoms with Crippen molar-refractivity contribution in [3.05, 3.63) is 63.9 Å². The van der Waals surface area contributed by atoms with Gasteiger partial charge in [-0.15, -0.1) is 0 Å². The van der Waals surface area contributed by atoms with E-state index >= 15 is 0 Å². The standard InChI is InChI=1S/C16H14F3N3OS/c1-8-7-10(16(17,18)19)22-15-11(8)12(20)13(24-15)14(23)21-9-5-3-2-4-6-9/h2-7,15,22H,20H2,1H3,(H,21,23)/t15-/m1/s1. The first-order valence-electron chi connectivity index (χ1n) is 7.06. The molecule has 2 aliphatic heterocycles. The van der Waals surface area contributed by atoms with Gasteiger partial charge in [0.15, 0.2) is 0 Å². The minimum Gasteiger partial charge on any atom is -0.397 e. The van der Waals surface area contributed by atoms with Gasteiger partial charge in [-0.05, 0) is 30.7 Å². The third kappa shape index (κ3) is 3.01. The molecule has 0 unspecified atom stereocenters. The molecule has 1 amide bonds. The van der Waals surface area contributed by atoms with Crippen LogP contribution in [0, 0.1) is 0 Å². The number of anilines is 1. The zero-order valence-corrected chi connectivity index (χ0v) is 13.4. The van der Waals surface area contributed by atoms with E-state index in [1.807, 2.05) is 6.07 Å². The average molecular weight is 353 g/mol. The lowest BCUT2D eigenvalue weighted by molar-refractivity contribution is -0.112. The van der Waals surface area contributed by atoms with Gasteiger partial charge in [-0.3, -0.25) is 4.79 Å². The van der Waals surface area contributed by atoms with Crippen LogP contribution in [0.15, 0.2) is 63.9 Å². The molecule has 0 radical (unpaired) electrons. The van der Waals surface area contributed by atoms with E-state index in [0.717, 1.165) is 17.8 Å². The molecule has 3 rings (SSSR count). The van der Waals surface area contributed by atoms with Gasteiger partial charge in [0.1, 0.15) is 11.1 Å². The summed E-state index contributed by atoms with van der Waals surface area (Å²) in [6.45, 7) is 1.56. The SMILES string of the molecule is CC1=C2C(N)=C(C(=O)Nc3ccccc3)S[C@H]2NC(C(F)(F)F)=C1. The van der Waals surface area contributed by atoms with E-state index in [4.69, 9.17) is 5.73 Å². The fourth-order valence-electron chi connectivity index (χ4n) is 2.55. The Hall–Kier alpha value is -2.35. The highest BCUT2D eigenvalue weighted by Crippen LogP contribution is 2.44. The molecule has 24 heavy (non-hydrogen) atoms. The molecule has 4 nitrogen and oxygen atoms in total. The van der Waals surface area contributed by atoms with Crippen LogP contribution in [0.2, 0.25) is 0 Å². The summed E-state index contributed by atoms with van der Waals surface area (Å²) in [6.07, 6.45) is -3.46. The number of allylic oxidation sites excluding steroid dienone is 3. The van der Waals surface area contributed by atoms with Gasteiger partial charge in [0.2, 0.25) is 0 Å². The number of hydrogen-bond acceptors (Lipinski definition) is 4. The molecule has 0 aliphatic carbocycles. The molecule has 0 saturated heterocycles. The number of fused-ring (bicyclic) bond motifs is 1. The molecule has 1 aromatic rings. The second-order valence-electron chi connectivity index (χ2n) is 5.36. The van der Waals surface area contributed by atoms with Crippen molar-refractivity contribution in [3.8, 4) is 0 Å². The number of hydrogen-bond donors (Lipinski definition) is 3. The van der Waals surface area contributed by atoms with E-state index in [0.29, 0.717) is 16.8 Å². The molecule has 126 valence electrons. The Morgan fingerprint density at radius 3 is 2.58 bits per heavy atom. The van der Waals surface area contributed by atoms with Crippen LogP contribution in [-0.2, 0) is 4.79 Å². The van der Waals surface area contributed by atoms with Crippen molar-refractivity contribution in [2.75, 3.05) is 5.32 Å². The van der Waals surface area contributed by atoms with E-state index in [-0.39, 0.29) is 10.6 Å². The maximum absolute atomic E-state index is 12.9. The molecule has 1 aromatic carbocycles. The molecule has 8 heteroatoms. The summed E-state index contributed by atoms with van der Waals surface area (Å²) in [5, 5.41) is 4.38. The van der Waals surface area contributed by atoms with Crippen molar-refractivity contribution >= 4 is 23.4 Å². The Balaban J connectivity index is 1.87. The van der Waals surface area contributed by atoms with E-state index < -0.39 is 23.2 Å². The second-order valence-corrected chi connectivity index (χ2v) is 6.47. The smallest absolute Gasteiger partial charge is 0.397 e. The molecular weight excluding hydrogens is 339 g/mol. The van der Waals surface area contributed by atoms with Crippen LogP contribution in [0.25, 0.3) is 0 Å². The lowest BCUT2D eigenvalue weighted by Gasteiger charge is -2.25. The molecule has 1 atom stereocenters. The molecule has 2 aliphatic rings. The van der Waals surface area contributed by atoms with Crippen LogP contribution in [0.5, 0.6) is 0 Å². The predicted molar refractivity (Wildman–Crippen MR) is 87.6 cm³/mol. The van der Waals surface area contributed by atoms with Crippen LogP contribution in [0.1, 0.15) is 6.92 Å². The highest BCUT2D eigenvalue weighted by atomic mass is 32.2. The van der Waals surface area contributed by atoms with Crippen LogP contribution in [0.3, 0.4) is 0 Å². The maximum atomic E-state index is 12.9. The minimum atomic E-state index is -4.48. The number of rotatable bonds is 2. The molecule has 2 heterocycles. The molecule has 0 fully saturated rings. The molecule has 0 spiro atoms. The summed E-state index contributed by atoms with van der Waals surface area (Å²) in [5.41, 5.74) is 6.91. The van der Waals surface area contributed by atoms with Gasteiger partial charge in [-0.25, -0.2) is 0 Å². The summed E-state index contributed by atoms with van der Waals surface area (Å²) < 4.78 is 38.8. The molecule has 0 bridgehead atoms. The predicted octanol–water partition coefficient (Wildman–Crippen LogP) is 3.23. The van der Waals surface area contributed by atoms with E-state index in [1.165, 1.54) is 0 Å². The Kier molecular flexibility index (Phi) is 4.08. The summed E-state index contributed by atoms with van der Waals surface area (Å²) >= 11 is 0.986. The number of carbonyl (C=O) groups is 1. The summed E-state index contributed by atoms with van der Waals surface area (Å²) in [7, 11) is 0. The second kappa shape index (κ2) is 5.94. The number of dihydropyridines is 1. The van der Waals surface area contributed by atoms with Gasteiger partial charge in [0.25, 0.3) is 5.91 Å². The Bertz CT molecular complexity index is 782. The number of amides is 1. The van der Waals surface area contributed by atoms with E-state index in [9.17, 15) is 18.0 Å². The van der Waals surface area contributed by atoms with Crippen molar-refractivity contribution in [2.45, 2.75) is 18.5 Å². The van der Waals surface area contributed by atoms with Crippen molar-refractivity contribution in [3.63, 3.8) is 0 Å². The monoisotopic (exact) mass is 353 g/mol. The van der Waals surface area contributed by atoms with Crippen LogP contribution in [0.4, 0.5) is 18.9 Å². The molecule has 0 aromatic heterocycles. The van der Waals surface area contributed by atoms with Gasteiger partial charge in [-0.2, -0.15) is 13.2 Å². The van der Waals surface area contributed by atoms with Crippen LogP contribution >= 0.6 is 11.8 Å². The zero-order valence-electron chi connectivity index (χ0n) is 12.6. The topological polar surface area (TPSA) is 67.2 Å². The van der Waals surface area contributed by atoms with Crippen molar-refractivity contribution in [1.29, 1.82) is 0 Å². The fraction of sp³-hybridized carbons (Fsp3) is 0.188. The lowest BCUT2D eigenvalue weighted by Crippen LogP contribution is -2.36. The number of nitrogens with two attached hydrogens (primary N) is 1. The number of thioether (sulfide) groups is 1. The summed E-state index contributed by atoms with van der Waals surface area (Å²) in [4.78, 5) is 12.6. The van der Waals surface area contributed by atoms with Crippen molar-refractivity contribution in [1.82, 2.24) is 5.32 Å². The van der Waals surface area contributed by atoms with Crippen LogP contribution in [-0.4, -0.2) is 17.5 Å². The van der Waals surface area contributed by atoms with Gasteiger partial charge in [-0.1, -0.05) is 30.0 Å².